The van der Waals surface area contributed by atoms with Gasteiger partial charge in [0.1, 0.15) is 0 Å². The Kier molecular flexibility index (Phi) is 4.96. The van der Waals surface area contributed by atoms with Crippen molar-refractivity contribution in [2.24, 2.45) is 5.73 Å². The molecule has 0 saturated heterocycles. The first-order valence-electron chi connectivity index (χ1n) is 6.53. The second-order valence-corrected chi connectivity index (χ2v) is 5.74. The second kappa shape index (κ2) is 6.71. The van der Waals surface area contributed by atoms with Crippen molar-refractivity contribution in [3.63, 3.8) is 0 Å². The normalized spacial score (nSPS) is 24.9. The quantitative estimate of drug-likeness (QED) is 0.651. The number of hydrogen-bond donors (Lipinski definition) is 2. The molecule has 98 valence electrons. The van der Waals surface area contributed by atoms with Crippen LogP contribution in [0.2, 0.25) is 0 Å². The minimum Gasteiger partial charge on any atom is -0.348 e. The van der Waals surface area contributed by atoms with Crippen LogP contribution in [0.4, 0.5) is 0 Å². The molecule has 3 N–H and O–H groups in total. The third-order valence-corrected chi connectivity index (χ3v) is 4.18. The first-order valence-corrected chi connectivity index (χ1v) is 7.41. The Morgan fingerprint density at radius 3 is 3.00 bits per heavy atom. The lowest BCUT2D eigenvalue weighted by molar-refractivity contribution is -0.117. The van der Waals surface area contributed by atoms with E-state index < -0.39 is 0 Å². The Balaban J connectivity index is 1.86. The average Bonchev–Trinajstić information content (AvgIpc) is 2.80. The second-order valence-electron chi connectivity index (χ2n) is 4.77. The van der Waals surface area contributed by atoms with Gasteiger partial charge >= 0.3 is 0 Å². The van der Waals surface area contributed by atoms with Gasteiger partial charge in [-0.05, 0) is 30.4 Å². The van der Waals surface area contributed by atoms with E-state index in [1.54, 1.807) is 17.4 Å². The van der Waals surface area contributed by atoms with Crippen LogP contribution in [0, 0.1) is 0 Å². The first kappa shape index (κ1) is 13.3. The van der Waals surface area contributed by atoms with Gasteiger partial charge in [-0.15, -0.1) is 11.3 Å². The Morgan fingerprint density at radius 2 is 2.22 bits per heavy atom. The SMILES string of the molecule is NC1CCCCCC1NC(=O)/C=C/c1cccs1. The van der Waals surface area contributed by atoms with Gasteiger partial charge in [-0.2, -0.15) is 0 Å². The van der Waals surface area contributed by atoms with Gasteiger partial charge in [-0.25, -0.2) is 0 Å². The molecule has 0 spiro atoms. The third-order valence-electron chi connectivity index (χ3n) is 3.34. The smallest absolute Gasteiger partial charge is 0.244 e. The molecular formula is C14H20N2OS. The summed E-state index contributed by atoms with van der Waals surface area (Å²) in [5.74, 6) is -0.0363. The van der Waals surface area contributed by atoms with Crippen molar-refractivity contribution < 1.29 is 4.79 Å². The molecule has 2 rings (SSSR count). The minimum atomic E-state index is -0.0363. The highest BCUT2D eigenvalue weighted by atomic mass is 32.1. The van der Waals surface area contributed by atoms with Crippen LogP contribution in [0.1, 0.15) is 37.0 Å². The lowest BCUT2D eigenvalue weighted by Crippen LogP contribution is -2.46. The Morgan fingerprint density at radius 1 is 1.39 bits per heavy atom. The minimum absolute atomic E-state index is 0.0363. The van der Waals surface area contributed by atoms with Gasteiger partial charge in [-0.1, -0.05) is 25.3 Å². The zero-order chi connectivity index (χ0) is 12.8. The van der Waals surface area contributed by atoms with Crippen molar-refractivity contribution in [2.45, 2.75) is 44.2 Å². The molecule has 1 amide bonds. The van der Waals surface area contributed by atoms with E-state index in [2.05, 4.69) is 5.32 Å². The molecule has 2 unspecified atom stereocenters. The predicted molar refractivity (Wildman–Crippen MR) is 76.3 cm³/mol. The van der Waals surface area contributed by atoms with Gasteiger partial charge in [0.05, 0.1) is 0 Å². The number of thiophene rings is 1. The van der Waals surface area contributed by atoms with E-state index in [-0.39, 0.29) is 18.0 Å². The van der Waals surface area contributed by atoms with Crippen molar-refractivity contribution in [1.82, 2.24) is 5.32 Å². The molecule has 0 bridgehead atoms. The molecule has 1 aromatic rings. The van der Waals surface area contributed by atoms with Crippen LogP contribution in [0.25, 0.3) is 6.08 Å². The maximum Gasteiger partial charge on any atom is 0.244 e. The number of amides is 1. The molecule has 1 aliphatic rings. The van der Waals surface area contributed by atoms with E-state index in [4.69, 9.17) is 5.73 Å². The van der Waals surface area contributed by atoms with E-state index in [0.29, 0.717) is 0 Å². The van der Waals surface area contributed by atoms with Crippen LogP contribution in [-0.4, -0.2) is 18.0 Å². The molecule has 1 fully saturated rings. The van der Waals surface area contributed by atoms with Gasteiger partial charge in [0, 0.05) is 23.0 Å². The van der Waals surface area contributed by atoms with E-state index in [9.17, 15) is 4.79 Å². The highest BCUT2D eigenvalue weighted by molar-refractivity contribution is 7.10. The predicted octanol–water partition coefficient (Wildman–Crippen LogP) is 2.54. The van der Waals surface area contributed by atoms with Crippen molar-refractivity contribution >= 4 is 23.3 Å². The maximum absolute atomic E-state index is 11.8. The van der Waals surface area contributed by atoms with Gasteiger partial charge < -0.3 is 11.1 Å². The molecule has 0 radical (unpaired) electrons. The third kappa shape index (κ3) is 3.96. The van der Waals surface area contributed by atoms with Crippen LogP contribution in [-0.2, 0) is 4.79 Å². The molecule has 2 atom stereocenters. The summed E-state index contributed by atoms with van der Waals surface area (Å²) >= 11 is 1.62. The van der Waals surface area contributed by atoms with Gasteiger partial charge in [0.2, 0.25) is 5.91 Å². The summed E-state index contributed by atoms with van der Waals surface area (Å²) in [7, 11) is 0. The monoisotopic (exact) mass is 264 g/mol. The molecular weight excluding hydrogens is 244 g/mol. The number of rotatable bonds is 3. The highest BCUT2D eigenvalue weighted by Crippen LogP contribution is 2.17. The van der Waals surface area contributed by atoms with Crippen LogP contribution in [0.5, 0.6) is 0 Å². The van der Waals surface area contributed by atoms with Crippen molar-refractivity contribution in [2.75, 3.05) is 0 Å². The zero-order valence-electron chi connectivity index (χ0n) is 10.5. The Labute approximate surface area is 112 Å². The number of nitrogens with two attached hydrogens (primary N) is 1. The largest absolute Gasteiger partial charge is 0.348 e. The van der Waals surface area contributed by atoms with Crippen LogP contribution in [0.15, 0.2) is 23.6 Å². The molecule has 0 aliphatic heterocycles. The molecule has 1 aromatic heterocycles. The van der Waals surface area contributed by atoms with Crippen LogP contribution >= 0.6 is 11.3 Å². The molecule has 1 aliphatic carbocycles. The van der Waals surface area contributed by atoms with Crippen molar-refractivity contribution in [1.29, 1.82) is 0 Å². The summed E-state index contributed by atoms with van der Waals surface area (Å²) in [6.45, 7) is 0. The van der Waals surface area contributed by atoms with E-state index in [0.717, 1.165) is 24.1 Å². The number of carbonyl (C=O) groups is 1. The summed E-state index contributed by atoms with van der Waals surface area (Å²) in [6, 6.07) is 4.20. The molecule has 1 saturated carbocycles. The maximum atomic E-state index is 11.8. The van der Waals surface area contributed by atoms with Crippen LogP contribution in [0.3, 0.4) is 0 Å². The van der Waals surface area contributed by atoms with Crippen molar-refractivity contribution in [3.8, 4) is 0 Å². The molecule has 3 nitrogen and oxygen atoms in total. The van der Waals surface area contributed by atoms with Crippen LogP contribution < -0.4 is 11.1 Å². The molecule has 4 heteroatoms. The zero-order valence-corrected chi connectivity index (χ0v) is 11.3. The fraction of sp³-hybridized carbons (Fsp3) is 0.500. The van der Waals surface area contributed by atoms with Gasteiger partial charge in [-0.3, -0.25) is 4.79 Å². The van der Waals surface area contributed by atoms with Gasteiger partial charge in [0.25, 0.3) is 0 Å². The number of nitrogens with one attached hydrogen (secondary N) is 1. The van der Waals surface area contributed by atoms with E-state index in [1.807, 2.05) is 23.6 Å². The van der Waals surface area contributed by atoms with Crippen molar-refractivity contribution in [3.05, 3.63) is 28.5 Å². The Hall–Kier alpha value is -1.13. The average molecular weight is 264 g/mol. The number of carbonyl (C=O) groups excluding carboxylic acids is 1. The van der Waals surface area contributed by atoms with Gasteiger partial charge in [0.15, 0.2) is 0 Å². The lowest BCUT2D eigenvalue weighted by Gasteiger charge is -2.21. The standard InChI is InChI=1S/C14H20N2OS/c15-12-6-2-1-3-7-13(12)16-14(17)9-8-11-5-4-10-18-11/h4-5,8-10,12-13H,1-3,6-7,15H2,(H,16,17)/b9-8+. The number of hydrogen-bond acceptors (Lipinski definition) is 3. The molecule has 1 heterocycles. The molecule has 0 aromatic carbocycles. The summed E-state index contributed by atoms with van der Waals surface area (Å²) in [5.41, 5.74) is 6.08. The topological polar surface area (TPSA) is 55.1 Å². The summed E-state index contributed by atoms with van der Waals surface area (Å²) in [5, 5.41) is 5.02. The molecule has 18 heavy (non-hydrogen) atoms. The van der Waals surface area contributed by atoms with E-state index >= 15 is 0 Å². The fourth-order valence-electron chi connectivity index (χ4n) is 2.29. The summed E-state index contributed by atoms with van der Waals surface area (Å²) in [6.07, 6.45) is 9.03. The summed E-state index contributed by atoms with van der Waals surface area (Å²) in [4.78, 5) is 12.9. The van der Waals surface area contributed by atoms with E-state index in [1.165, 1.54) is 12.8 Å². The lowest BCUT2D eigenvalue weighted by atomic mass is 10.0. The fourth-order valence-corrected chi connectivity index (χ4v) is 2.91. The first-order chi connectivity index (χ1) is 8.75. The summed E-state index contributed by atoms with van der Waals surface area (Å²) < 4.78 is 0. The Bertz CT molecular complexity index is 400. The highest BCUT2D eigenvalue weighted by Gasteiger charge is 2.20.